The molecule has 1 N–H and O–H groups in total. The van der Waals surface area contributed by atoms with Crippen molar-refractivity contribution in [3.8, 4) is 16.9 Å². The number of hydrogen-bond donors (Lipinski definition) is 1. The van der Waals surface area contributed by atoms with Crippen LogP contribution in [0.25, 0.3) is 11.1 Å². The van der Waals surface area contributed by atoms with Crippen molar-refractivity contribution in [3.63, 3.8) is 0 Å². The Kier molecular flexibility index (Phi) is 8.09. The number of ether oxygens (including phenoxy) is 2. The van der Waals surface area contributed by atoms with Crippen LogP contribution in [0.3, 0.4) is 0 Å². The summed E-state index contributed by atoms with van der Waals surface area (Å²) in [4.78, 5) is 25.2. The van der Waals surface area contributed by atoms with Crippen molar-refractivity contribution in [2.75, 3.05) is 18.5 Å². The maximum absolute atomic E-state index is 12.7. The lowest BCUT2D eigenvalue weighted by molar-refractivity contribution is -0.116. The Hall–Kier alpha value is -2.83. The zero-order valence-corrected chi connectivity index (χ0v) is 19.0. The second kappa shape index (κ2) is 11.0. The summed E-state index contributed by atoms with van der Waals surface area (Å²) >= 11 is 7.21. The highest BCUT2D eigenvalue weighted by atomic mass is 35.5. The van der Waals surface area contributed by atoms with Crippen LogP contribution in [0.2, 0.25) is 5.02 Å². The van der Waals surface area contributed by atoms with Gasteiger partial charge < -0.3 is 14.8 Å². The molecule has 0 fully saturated rings. The van der Waals surface area contributed by atoms with Crippen LogP contribution >= 0.6 is 22.9 Å². The third-order valence-corrected chi connectivity index (χ3v) is 5.70. The Labute approximate surface area is 191 Å². The first kappa shape index (κ1) is 22.8. The van der Waals surface area contributed by atoms with Gasteiger partial charge in [-0.3, -0.25) is 4.79 Å². The first-order valence-corrected chi connectivity index (χ1v) is 11.3. The number of anilines is 1. The van der Waals surface area contributed by atoms with Gasteiger partial charge in [0.25, 0.3) is 0 Å². The fourth-order valence-electron chi connectivity index (χ4n) is 3.06. The predicted molar refractivity (Wildman–Crippen MR) is 125 cm³/mol. The summed E-state index contributed by atoms with van der Waals surface area (Å²) in [6, 6.07) is 14.9. The highest BCUT2D eigenvalue weighted by molar-refractivity contribution is 7.15. The second-order valence-electron chi connectivity index (χ2n) is 6.71. The summed E-state index contributed by atoms with van der Waals surface area (Å²) < 4.78 is 10.7. The number of carbonyl (C=O) groups excluding carboxylic acids is 2. The summed E-state index contributed by atoms with van der Waals surface area (Å²) in [6.07, 6.45) is 0.870. The molecule has 31 heavy (non-hydrogen) atoms. The molecule has 0 aliphatic carbocycles. The smallest absolute Gasteiger partial charge is 0.341 e. The van der Waals surface area contributed by atoms with Crippen molar-refractivity contribution in [2.24, 2.45) is 0 Å². The molecular formula is C24H24ClNO4S. The van der Waals surface area contributed by atoms with Crippen LogP contribution in [-0.4, -0.2) is 25.1 Å². The van der Waals surface area contributed by atoms with E-state index in [0.717, 1.165) is 22.4 Å². The van der Waals surface area contributed by atoms with Gasteiger partial charge in [0.05, 0.1) is 13.2 Å². The van der Waals surface area contributed by atoms with E-state index >= 15 is 0 Å². The molecule has 1 heterocycles. The Morgan fingerprint density at radius 3 is 2.35 bits per heavy atom. The van der Waals surface area contributed by atoms with Crippen LogP contribution in [0.4, 0.5) is 5.00 Å². The van der Waals surface area contributed by atoms with Crippen LogP contribution in [-0.2, 0) is 16.0 Å². The van der Waals surface area contributed by atoms with Crippen LogP contribution in [0, 0.1) is 0 Å². The average molecular weight is 458 g/mol. The van der Waals surface area contributed by atoms with E-state index in [1.165, 1.54) is 11.3 Å². The lowest BCUT2D eigenvalue weighted by Crippen LogP contribution is -2.15. The number of amides is 1. The number of esters is 1. The lowest BCUT2D eigenvalue weighted by Gasteiger charge is -2.10. The molecule has 0 saturated heterocycles. The third-order valence-electron chi connectivity index (χ3n) is 4.55. The van der Waals surface area contributed by atoms with Gasteiger partial charge in [0.1, 0.15) is 16.3 Å². The standard InChI is InChI=1S/C24H24ClNO4S/c1-3-29-19-12-8-17(9-13-19)20-15-31-23(22(20)24(28)30-4-2)26-21(27)14-7-16-5-10-18(25)11-6-16/h5-6,8-13,15H,3-4,7,14H2,1-2H3,(H,26,27). The summed E-state index contributed by atoms with van der Waals surface area (Å²) in [5.74, 6) is 0.135. The number of carbonyl (C=O) groups is 2. The highest BCUT2D eigenvalue weighted by Crippen LogP contribution is 2.37. The Bertz CT molecular complexity index is 1030. The van der Waals surface area contributed by atoms with Gasteiger partial charge in [0.15, 0.2) is 0 Å². The maximum atomic E-state index is 12.7. The van der Waals surface area contributed by atoms with Crippen molar-refractivity contribution in [1.29, 1.82) is 0 Å². The number of halogens is 1. The Morgan fingerprint density at radius 1 is 1.00 bits per heavy atom. The molecule has 5 nitrogen and oxygen atoms in total. The molecular weight excluding hydrogens is 434 g/mol. The van der Waals surface area contributed by atoms with E-state index in [4.69, 9.17) is 21.1 Å². The molecule has 3 rings (SSSR count). The number of benzene rings is 2. The largest absolute Gasteiger partial charge is 0.494 e. The van der Waals surface area contributed by atoms with Gasteiger partial charge in [-0.2, -0.15) is 0 Å². The van der Waals surface area contributed by atoms with Crippen molar-refractivity contribution >= 4 is 39.8 Å². The average Bonchev–Trinajstić information content (AvgIpc) is 3.18. The van der Waals surface area contributed by atoms with Crippen LogP contribution in [0.5, 0.6) is 5.75 Å². The second-order valence-corrected chi connectivity index (χ2v) is 8.02. The quantitative estimate of drug-likeness (QED) is 0.387. The van der Waals surface area contributed by atoms with Gasteiger partial charge in [-0.25, -0.2) is 4.79 Å². The minimum absolute atomic E-state index is 0.166. The minimum atomic E-state index is -0.458. The van der Waals surface area contributed by atoms with E-state index in [2.05, 4.69) is 5.32 Å². The van der Waals surface area contributed by atoms with Crippen LogP contribution in [0.1, 0.15) is 36.2 Å². The molecule has 0 aliphatic rings. The van der Waals surface area contributed by atoms with Crippen molar-refractivity contribution in [3.05, 3.63) is 70.1 Å². The molecule has 0 spiro atoms. The maximum Gasteiger partial charge on any atom is 0.341 e. The predicted octanol–water partition coefficient (Wildman–Crippen LogP) is 6.22. The number of nitrogens with one attached hydrogen (secondary N) is 1. The van der Waals surface area contributed by atoms with Gasteiger partial charge in [-0.05, 0) is 55.7 Å². The molecule has 0 aliphatic heterocycles. The van der Waals surface area contributed by atoms with E-state index in [1.807, 2.05) is 48.7 Å². The van der Waals surface area contributed by atoms with Gasteiger partial charge >= 0.3 is 5.97 Å². The van der Waals surface area contributed by atoms with Crippen molar-refractivity contribution in [1.82, 2.24) is 0 Å². The summed E-state index contributed by atoms with van der Waals surface area (Å²) in [6.45, 7) is 4.51. The van der Waals surface area contributed by atoms with E-state index in [0.29, 0.717) is 35.0 Å². The number of aryl methyl sites for hydroxylation is 1. The molecule has 2 aromatic carbocycles. The van der Waals surface area contributed by atoms with E-state index in [1.54, 1.807) is 19.1 Å². The normalized spacial score (nSPS) is 10.5. The fourth-order valence-corrected chi connectivity index (χ4v) is 4.16. The van der Waals surface area contributed by atoms with Gasteiger partial charge in [-0.15, -0.1) is 11.3 Å². The summed E-state index contributed by atoms with van der Waals surface area (Å²) in [5.41, 5.74) is 2.96. The molecule has 3 aromatic rings. The zero-order valence-electron chi connectivity index (χ0n) is 17.4. The molecule has 0 saturated carbocycles. The van der Waals surface area contributed by atoms with Crippen molar-refractivity contribution < 1.29 is 19.1 Å². The molecule has 0 radical (unpaired) electrons. The highest BCUT2D eigenvalue weighted by Gasteiger charge is 2.22. The first-order valence-electron chi connectivity index (χ1n) is 10.1. The molecule has 162 valence electrons. The lowest BCUT2D eigenvalue weighted by atomic mass is 10.0. The fraction of sp³-hybridized carbons (Fsp3) is 0.250. The van der Waals surface area contributed by atoms with Gasteiger partial charge in [0.2, 0.25) is 5.91 Å². The molecule has 1 amide bonds. The topological polar surface area (TPSA) is 64.6 Å². The van der Waals surface area contributed by atoms with E-state index in [9.17, 15) is 9.59 Å². The number of thiophene rings is 1. The molecule has 7 heteroatoms. The monoisotopic (exact) mass is 457 g/mol. The third kappa shape index (κ3) is 6.09. The molecule has 0 atom stereocenters. The van der Waals surface area contributed by atoms with E-state index < -0.39 is 5.97 Å². The number of hydrogen-bond acceptors (Lipinski definition) is 5. The summed E-state index contributed by atoms with van der Waals surface area (Å²) in [5, 5.41) is 5.89. The number of rotatable bonds is 9. The Morgan fingerprint density at radius 2 is 1.71 bits per heavy atom. The van der Waals surface area contributed by atoms with Gasteiger partial charge in [0, 0.05) is 22.4 Å². The van der Waals surface area contributed by atoms with Gasteiger partial charge in [-0.1, -0.05) is 35.9 Å². The zero-order chi connectivity index (χ0) is 22.2. The molecule has 0 unspecified atom stereocenters. The minimum Gasteiger partial charge on any atom is -0.494 e. The molecule has 0 bridgehead atoms. The van der Waals surface area contributed by atoms with Crippen molar-refractivity contribution in [2.45, 2.75) is 26.7 Å². The van der Waals surface area contributed by atoms with Crippen LogP contribution in [0.15, 0.2) is 53.9 Å². The molecule has 1 aromatic heterocycles. The Balaban J connectivity index is 1.78. The SMILES string of the molecule is CCOC(=O)c1c(-c2ccc(OCC)cc2)csc1NC(=O)CCc1ccc(Cl)cc1. The first-order chi connectivity index (χ1) is 15.0. The van der Waals surface area contributed by atoms with E-state index in [-0.39, 0.29) is 12.5 Å². The summed E-state index contributed by atoms with van der Waals surface area (Å²) in [7, 11) is 0. The van der Waals surface area contributed by atoms with Crippen LogP contribution < -0.4 is 10.1 Å².